The largest absolute Gasteiger partial charge is 0.369 e. The first-order valence-electron chi connectivity index (χ1n) is 6.58. The van der Waals surface area contributed by atoms with Crippen LogP contribution in [0.1, 0.15) is 26.7 Å². The standard InChI is InChI=1S/C15H24N2/c1-5-13(7-6-12(2)3)17-10-14-8-9-15(11-17)16(14)4/h5-7,14-15H,2,8-11H2,1,3-4H3/b7-6-,13-5?. The van der Waals surface area contributed by atoms with E-state index in [0.29, 0.717) is 0 Å². The molecule has 0 aromatic carbocycles. The summed E-state index contributed by atoms with van der Waals surface area (Å²) in [5.41, 5.74) is 2.46. The lowest BCUT2D eigenvalue weighted by Gasteiger charge is -2.40. The Morgan fingerprint density at radius 2 is 1.76 bits per heavy atom. The third-order valence-electron chi connectivity index (χ3n) is 4.05. The average molecular weight is 232 g/mol. The van der Waals surface area contributed by atoms with E-state index in [4.69, 9.17) is 0 Å². The molecule has 2 rings (SSSR count). The molecule has 2 atom stereocenters. The lowest BCUT2D eigenvalue weighted by atomic mass is 10.1. The van der Waals surface area contributed by atoms with E-state index in [1.54, 1.807) is 0 Å². The molecule has 2 nitrogen and oxygen atoms in total. The lowest BCUT2D eigenvalue weighted by Crippen LogP contribution is -2.51. The summed E-state index contributed by atoms with van der Waals surface area (Å²) < 4.78 is 0. The van der Waals surface area contributed by atoms with Crippen LogP contribution in [-0.2, 0) is 0 Å². The van der Waals surface area contributed by atoms with Gasteiger partial charge in [-0.3, -0.25) is 4.90 Å². The van der Waals surface area contributed by atoms with Gasteiger partial charge >= 0.3 is 0 Å². The van der Waals surface area contributed by atoms with E-state index in [1.807, 2.05) is 6.92 Å². The Hall–Kier alpha value is -1.02. The SMILES string of the molecule is C=C(C)/C=C\C(=CC)N1CC2CCC(C1)N2C. The van der Waals surface area contributed by atoms with Crippen LogP contribution >= 0.6 is 0 Å². The molecule has 94 valence electrons. The number of hydrogen-bond donors (Lipinski definition) is 0. The highest BCUT2D eigenvalue weighted by atomic mass is 15.3. The van der Waals surface area contributed by atoms with Crippen LogP contribution in [0.15, 0.2) is 36.1 Å². The van der Waals surface area contributed by atoms with Gasteiger partial charge in [-0.1, -0.05) is 24.3 Å². The third kappa shape index (κ3) is 2.63. The number of piperazine rings is 1. The number of fused-ring (bicyclic) bond motifs is 2. The van der Waals surface area contributed by atoms with Crippen LogP contribution in [0.25, 0.3) is 0 Å². The summed E-state index contributed by atoms with van der Waals surface area (Å²) in [5, 5.41) is 0. The van der Waals surface area contributed by atoms with Crippen molar-refractivity contribution in [3.63, 3.8) is 0 Å². The highest BCUT2D eigenvalue weighted by Gasteiger charge is 2.37. The van der Waals surface area contributed by atoms with Crippen molar-refractivity contribution < 1.29 is 0 Å². The fourth-order valence-corrected chi connectivity index (χ4v) is 2.94. The van der Waals surface area contributed by atoms with Crippen LogP contribution in [-0.4, -0.2) is 42.0 Å². The smallest absolute Gasteiger partial charge is 0.0334 e. The molecule has 0 amide bonds. The first kappa shape index (κ1) is 12.4. The van der Waals surface area contributed by atoms with Gasteiger partial charge in [-0.05, 0) is 39.8 Å². The molecule has 0 radical (unpaired) electrons. The molecule has 2 saturated heterocycles. The molecule has 2 aliphatic heterocycles. The molecule has 0 aliphatic carbocycles. The first-order chi connectivity index (χ1) is 8.11. The van der Waals surface area contributed by atoms with Crippen LogP contribution < -0.4 is 0 Å². The molecule has 0 spiro atoms. The molecule has 0 N–H and O–H groups in total. The van der Waals surface area contributed by atoms with Crippen LogP contribution in [0.2, 0.25) is 0 Å². The topological polar surface area (TPSA) is 6.48 Å². The fraction of sp³-hybridized carbons (Fsp3) is 0.600. The minimum atomic E-state index is 0.752. The van der Waals surface area contributed by atoms with Crippen LogP contribution in [0.3, 0.4) is 0 Å². The van der Waals surface area contributed by atoms with Gasteiger partial charge in [0.2, 0.25) is 0 Å². The van der Waals surface area contributed by atoms with Gasteiger partial charge in [0.15, 0.2) is 0 Å². The zero-order chi connectivity index (χ0) is 12.4. The highest BCUT2D eigenvalue weighted by Crippen LogP contribution is 2.30. The molecule has 17 heavy (non-hydrogen) atoms. The Bertz CT molecular complexity index is 340. The second kappa shape index (κ2) is 5.09. The van der Waals surface area contributed by atoms with Crippen molar-refractivity contribution in [3.8, 4) is 0 Å². The summed E-state index contributed by atoms with van der Waals surface area (Å²) in [7, 11) is 2.28. The monoisotopic (exact) mass is 232 g/mol. The Labute approximate surface area is 105 Å². The summed E-state index contributed by atoms with van der Waals surface area (Å²) in [6, 6.07) is 1.50. The molecule has 2 heterocycles. The number of rotatable bonds is 3. The van der Waals surface area contributed by atoms with E-state index >= 15 is 0 Å². The number of likely N-dealkylation sites (tertiary alicyclic amines) is 1. The molecule has 0 aromatic rings. The van der Waals surface area contributed by atoms with Gasteiger partial charge in [0, 0.05) is 30.9 Å². The molecule has 0 saturated carbocycles. The molecule has 2 unspecified atom stereocenters. The van der Waals surface area contributed by atoms with E-state index in [9.17, 15) is 0 Å². The van der Waals surface area contributed by atoms with Gasteiger partial charge in [-0.15, -0.1) is 0 Å². The molecule has 2 heteroatoms. The van der Waals surface area contributed by atoms with Gasteiger partial charge in [-0.25, -0.2) is 0 Å². The summed E-state index contributed by atoms with van der Waals surface area (Å²) in [5.74, 6) is 0. The Kier molecular flexibility index (Phi) is 3.72. The maximum atomic E-state index is 3.92. The predicted octanol–water partition coefficient (Wildman–Crippen LogP) is 2.80. The number of likely N-dealkylation sites (N-methyl/N-ethyl adjacent to an activating group) is 1. The predicted molar refractivity (Wildman–Crippen MR) is 73.9 cm³/mol. The number of allylic oxidation sites excluding steroid dienone is 4. The van der Waals surface area contributed by atoms with Gasteiger partial charge in [-0.2, -0.15) is 0 Å². The van der Waals surface area contributed by atoms with Gasteiger partial charge in [0.1, 0.15) is 0 Å². The van der Waals surface area contributed by atoms with Crippen molar-refractivity contribution in [3.05, 3.63) is 36.1 Å². The van der Waals surface area contributed by atoms with Crippen molar-refractivity contribution >= 4 is 0 Å². The van der Waals surface area contributed by atoms with Crippen molar-refractivity contribution in [1.82, 2.24) is 9.80 Å². The van der Waals surface area contributed by atoms with E-state index < -0.39 is 0 Å². The summed E-state index contributed by atoms with van der Waals surface area (Å²) in [6.45, 7) is 10.4. The van der Waals surface area contributed by atoms with Crippen molar-refractivity contribution in [1.29, 1.82) is 0 Å². The molecule has 2 aliphatic rings. The van der Waals surface area contributed by atoms with E-state index in [-0.39, 0.29) is 0 Å². The van der Waals surface area contributed by atoms with Crippen molar-refractivity contribution in [2.24, 2.45) is 0 Å². The first-order valence-corrected chi connectivity index (χ1v) is 6.58. The zero-order valence-electron chi connectivity index (χ0n) is 11.3. The molecular weight excluding hydrogens is 208 g/mol. The van der Waals surface area contributed by atoms with Gasteiger partial charge in [0.05, 0.1) is 0 Å². The fourth-order valence-electron chi connectivity index (χ4n) is 2.94. The Balaban J connectivity index is 2.05. The maximum absolute atomic E-state index is 3.92. The molecular formula is C15H24N2. The maximum Gasteiger partial charge on any atom is 0.0334 e. The summed E-state index contributed by atoms with van der Waals surface area (Å²) in [4.78, 5) is 5.09. The van der Waals surface area contributed by atoms with E-state index in [0.717, 1.165) is 17.7 Å². The second-order valence-corrected chi connectivity index (χ2v) is 5.35. The van der Waals surface area contributed by atoms with Crippen molar-refractivity contribution in [2.45, 2.75) is 38.8 Å². The molecule has 2 bridgehead atoms. The van der Waals surface area contributed by atoms with Crippen LogP contribution in [0.4, 0.5) is 0 Å². The third-order valence-corrected chi connectivity index (χ3v) is 4.05. The zero-order valence-corrected chi connectivity index (χ0v) is 11.3. The van der Waals surface area contributed by atoms with E-state index in [1.165, 1.54) is 31.6 Å². The van der Waals surface area contributed by atoms with Gasteiger partial charge < -0.3 is 4.90 Å². The Morgan fingerprint density at radius 1 is 1.18 bits per heavy atom. The van der Waals surface area contributed by atoms with E-state index in [2.05, 4.69) is 48.6 Å². The van der Waals surface area contributed by atoms with Crippen molar-refractivity contribution in [2.75, 3.05) is 20.1 Å². The normalized spacial score (nSPS) is 30.3. The average Bonchev–Trinajstić information content (AvgIpc) is 2.53. The van der Waals surface area contributed by atoms with Crippen LogP contribution in [0, 0.1) is 0 Å². The number of hydrogen-bond acceptors (Lipinski definition) is 2. The van der Waals surface area contributed by atoms with Gasteiger partial charge in [0.25, 0.3) is 0 Å². The Morgan fingerprint density at radius 3 is 2.24 bits per heavy atom. The summed E-state index contributed by atoms with van der Waals surface area (Å²) >= 11 is 0. The number of nitrogens with zero attached hydrogens (tertiary/aromatic N) is 2. The minimum Gasteiger partial charge on any atom is -0.369 e. The lowest BCUT2D eigenvalue weighted by molar-refractivity contribution is 0.115. The minimum absolute atomic E-state index is 0.752. The summed E-state index contributed by atoms with van der Waals surface area (Å²) in [6.07, 6.45) is 9.24. The highest BCUT2D eigenvalue weighted by molar-refractivity contribution is 5.25. The van der Waals surface area contributed by atoms with Crippen LogP contribution in [0.5, 0.6) is 0 Å². The molecule has 0 aromatic heterocycles. The molecule has 2 fully saturated rings. The second-order valence-electron chi connectivity index (χ2n) is 5.35. The quantitative estimate of drug-likeness (QED) is 0.690.